The molecule has 1 aromatic carbocycles. The molecule has 2 rings (SSSR count). The van der Waals surface area contributed by atoms with E-state index in [-0.39, 0.29) is 12.2 Å². The van der Waals surface area contributed by atoms with Crippen LogP contribution in [0.1, 0.15) is 23.8 Å². The summed E-state index contributed by atoms with van der Waals surface area (Å²) in [5.74, 6) is -1.16. The minimum atomic E-state index is -1.16. The molecule has 0 aliphatic heterocycles. The van der Waals surface area contributed by atoms with Crippen LogP contribution in [-0.2, 0) is 6.54 Å². The van der Waals surface area contributed by atoms with Crippen LogP contribution in [0.15, 0.2) is 24.3 Å². The Balaban J connectivity index is 2.49. The third kappa shape index (κ3) is 2.97. The second-order valence-electron chi connectivity index (χ2n) is 4.34. The topological polar surface area (TPSA) is 88.2 Å². The van der Waals surface area contributed by atoms with Crippen LogP contribution in [-0.4, -0.2) is 37.3 Å². The van der Waals surface area contributed by atoms with Crippen LogP contribution < -0.4 is 0 Å². The number of benzene rings is 1. The van der Waals surface area contributed by atoms with Crippen molar-refractivity contribution >= 4 is 17.6 Å². The van der Waals surface area contributed by atoms with Crippen LogP contribution in [0.3, 0.4) is 0 Å². The Hall–Kier alpha value is -1.92. The van der Waals surface area contributed by atoms with Crippen molar-refractivity contribution in [1.29, 1.82) is 0 Å². The van der Waals surface area contributed by atoms with E-state index >= 15 is 0 Å². The maximum Gasteiger partial charge on any atom is 0.358 e. The molecule has 1 atom stereocenters. The normalized spacial score (nSPS) is 12.3. The molecular weight excluding hydrogens is 282 g/mol. The van der Waals surface area contributed by atoms with Gasteiger partial charge in [-0.15, -0.1) is 5.10 Å². The van der Waals surface area contributed by atoms with E-state index in [9.17, 15) is 15.0 Å². The molecule has 0 radical (unpaired) electrons. The molecule has 6 nitrogen and oxygen atoms in total. The number of hydrogen-bond acceptors (Lipinski definition) is 4. The lowest BCUT2D eigenvalue weighted by atomic mass is 10.1. The first kappa shape index (κ1) is 14.5. The first-order chi connectivity index (χ1) is 9.52. The summed E-state index contributed by atoms with van der Waals surface area (Å²) in [6.45, 7) is 2.02. The van der Waals surface area contributed by atoms with Gasteiger partial charge in [-0.2, -0.15) is 0 Å². The molecule has 0 saturated heterocycles. The van der Waals surface area contributed by atoms with Gasteiger partial charge in [-0.25, -0.2) is 9.48 Å². The number of aliphatic hydroxyl groups excluding tert-OH is 1. The lowest BCUT2D eigenvalue weighted by Gasteiger charge is -2.11. The zero-order valence-corrected chi connectivity index (χ0v) is 11.6. The minimum Gasteiger partial charge on any atom is -0.476 e. The Labute approximate surface area is 120 Å². The van der Waals surface area contributed by atoms with E-state index in [0.29, 0.717) is 22.7 Å². The molecule has 2 N–H and O–H groups in total. The SMILES string of the molecule is CCC(O)Cn1nnc(C(=O)O)c1-c1ccc(Cl)cc1. The fraction of sp³-hybridized carbons (Fsp3) is 0.308. The van der Waals surface area contributed by atoms with Crippen molar-refractivity contribution in [3.8, 4) is 11.3 Å². The number of carbonyl (C=O) groups is 1. The molecule has 1 aromatic heterocycles. The zero-order valence-electron chi connectivity index (χ0n) is 10.8. The van der Waals surface area contributed by atoms with Crippen molar-refractivity contribution in [2.75, 3.05) is 0 Å². The smallest absolute Gasteiger partial charge is 0.358 e. The van der Waals surface area contributed by atoms with E-state index in [1.54, 1.807) is 24.3 Å². The fourth-order valence-electron chi connectivity index (χ4n) is 1.81. The molecule has 106 valence electrons. The van der Waals surface area contributed by atoms with E-state index in [0.717, 1.165) is 0 Å². The summed E-state index contributed by atoms with van der Waals surface area (Å²) < 4.78 is 1.40. The summed E-state index contributed by atoms with van der Waals surface area (Å²) in [4.78, 5) is 11.2. The third-order valence-electron chi connectivity index (χ3n) is 2.91. The van der Waals surface area contributed by atoms with Gasteiger partial charge in [0.1, 0.15) is 5.69 Å². The Morgan fingerprint density at radius 1 is 1.40 bits per heavy atom. The van der Waals surface area contributed by atoms with Gasteiger partial charge in [0.2, 0.25) is 0 Å². The Kier molecular flexibility index (Phi) is 4.36. The third-order valence-corrected chi connectivity index (χ3v) is 3.16. The predicted octanol–water partition coefficient (Wildman–Crippen LogP) is 2.07. The number of carboxylic acids is 1. The van der Waals surface area contributed by atoms with Crippen LogP contribution in [0.25, 0.3) is 11.3 Å². The van der Waals surface area contributed by atoms with E-state index in [1.807, 2.05) is 6.92 Å². The summed E-state index contributed by atoms with van der Waals surface area (Å²) in [5, 5.41) is 26.9. The van der Waals surface area contributed by atoms with Crippen molar-refractivity contribution in [2.24, 2.45) is 0 Å². The highest BCUT2D eigenvalue weighted by atomic mass is 35.5. The number of aliphatic hydroxyl groups is 1. The highest BCUT2D eigenvalue weighted by Crippen LogP contribution is 2.24. The monoisotopic (exact) mass is 295 g/mol. The molecule has 0 amide bonds. The molecule has 0 aliphatic carbocycles. The number of halogens is 1. The summed E-state index contributed by atoms with van der Waals surface area (Å²) in [6.07, 6.45) is -0.0631. The number of nitrogens with zero attached hydrogens (tertiary/aromatic N) is 3. The summed E-state index contributed by atoms with van der Waals surface area (Å²) in [6, 6.07) is 6.72. The molecule has 20 heavy (non-hydrogen) atoms. The van der Waals surface area contributed by atoms with Crippen LogP contribution >= 0.6 is 11.6 Å². The number of carboxylic acid groups (broad SMARTS) is 1. The first-order valence-electron chi connectivity index (χ1n) is 6.13. The van der Waals surface area contributed by atoms with Crippen molar-refractivity contribution in [3.63, 3.8) is 0 Å². The maximum absolute atomic E-state index is 11.2. The second-order valence-corrected chi connectivity index (χ2v) is 4.78. The Morgan fingerprint density at radius 3 is 2.60 bits per heavy atom. The molecule has 0 fully saturated rings. The van der Waals surface area contributed by atoms with Crippen LogP contribution in [0.2, 0.25) is 5.02 Å². The van der Waals surface area contributed by atoms with Gasteiger partial charge >= 0.3 is 5.97 Å². The molecule has 7 heteroatoms. The zero-order chi connectivity index (χ0) is 14.7. The number of aromatic nitrogens is 3. The highest BCUT2D eigenvalue weighted by molar-refractivity contribution is 6.30. The van der Waals surface area contributed by atoms with Crippen LogP contribution in [0, 0.1) is 0 Å². The molecule has 0 aliphatic rings. The van der Waals surface area contributed by atoms with Gasteiger partial charge in [-0.05, 0) is 18.6 Å². The minimum absolute atomic E-state index is 0.143. The second kappa shape index (κ2) is 6.02. The van der Waals surface area contributed by atoms with E-state index in [2.05, 4.69) is 10.3 Å². The average Bonchev–Trinajstić information content (AvgIpc) is 2.83. The molecule has 0 bridgehead atoms. The van der Waals surface area contributed by atoms with Crippen LogP contribution in [0.4, 0.5) is 0 Å². The Bertz CT molecular complexity index is 610. The molecular formula is C13H14ClN3O3. The largest absolute Gasteiger partial charge is 0.476 e. The van der Waals surface area contributed by atoms with Gasteiger partial charge in [0, 0.05) is 10.6 Å². The molecule has 1 heterocycles. The van der Waals surface area contributed by atoms with E-state index < -0.39 is 12.1 Å². The number of hydrogen-bond donors (Lipinski definition) is 2. The molecule has 1 unspecified atom stereocenters. The maximum atomic E-state index is 11.2. The standard InChI is InChI=1S/C13H14ClN3O3/c1-2-10(18)7-17-12(11(13(19)20)15-16-17)8-3-5-9(14)6-4-8/h3-6,10,18H,2,7H2,1H3,(H,19,20). The lowest BCUT2D eigenvalue weighted by molar-refractivity contribution is 0.0691. The average molecular weight is 296 g/mol. The summed E-state index contributed by atoms with van der Waals surface area (Å²) >= 11 is 5.83. The molecule has 2 aromatic rings. The quantitative estimate of drug-likeness (QED) is 0.881. The van der Waals surface area contributed by atoms with Crippen LogP contribution in [0.5, 0.6) is 0 Å². The van der Waals surface area contributed by atoms with E-state index in [4.69, 9.17) is 11.6 Å². The summed E-state index contributed by atoms with van der Waals surface area (Å²) in [5.41, 5.74) is 0.859. The number of aromatic carboxylic acids is 1. The molecule has 0 spiro atoms. The van der Waals surface area contributed by atoms with Gasteiger partial charge in [0.25, 0.3) is 0 Å². The first-order valence-corrected chi connectivity index (χ1v) is 6.51. The van der Waals surface area contributed by atoms with Gasteiger partial charge in [0.05, 0.1) is 12.6 Å². The van der Waals surface area contributed by atoms with Gasteiger partial charge in [-0.1, -0.05) is 35.9 Å². The number of rotatable bonds is 5. The van der Waals surface area contributed by atoms with Crippen molar-refractivity contribution < 1.29 is 15.0 Å². The van der Waals surface area contributed by atoms with Crippen molar-refractivity contribution in [1.82, 2.24) is 15.0 Å². The highest BCUT2D eigenvalue weighted by Gasteiger charge is 2.21. The molecule has 0 saturated carbocycles. The van der Waals surface area contributed by atoms with Gasteiger partial charge in [0.15, 0.2) is 5.69 Å². The van der Waals surface area contributed by atoms with Gasteiger partial charge < -0.3 is 10.2 Å². The fourth-order valence-corrected chi connectivity index (χ4v) is 1.93. The summed E-state index contributed by atoms with van der Waals surface area (Å²) in [7, 11) is 0. The predicted molar refractivity (Wildman–Crippen MR) is 73.7 cm³/mol. The Morgan fingerprint density at radius 2 is 2.05 bits per heavy atom. The van der Waals surface area contributed by atoms with Crippen molar-refractivity contribution in [3.05, 3.63) is 35.0 Å². The lowest BCUT2D eigenvalue weighted by Crippen LogP contribution is -2.17. The van der Waals surface area contributed by atoms with E-state index in [1.165, 1.54) is 4.68 Å². The van der Waals surface area contributed by atoms with Crippen molar-refractivity contribution in [2.45, 2.75) is 26.0 Å². The van der Waals surface area contributed by atoms with Gasteiger partial charge in [-0.3, -0.25) is 0 Å².